The zero-order chi connectivity index (χ0) is 12.8. The van der Waals surface area contributed by atoms with Crippen LogP contribution in [0.2, 0.25) is 0 Å². The topological polar surface area (TPSA) is 93.5 Å². The van der Waals surface area contributed by atoms with E-state index in [4.69, 9.17) is 10.8 Å². The van der Waals surface area contributed by atoms with Crippen molar-refractivity contribution in [3.8, 4) is 0 Å². The highest BCUT2D eigenvalue weighted by molar-refractivity contribution is 5.99. The second-order valence-corrected chi connectivity index (χ2v) is 3.13. The number of anilines is 1. The van der Waals surface area contributed by atoms with Crippen LogP contribution >= 0.6 is 0 Å². The van der Waals surface area contributed by atoms with Gasteiger partial charge in [0.15, 0.2) is 11.5 Å². The third-order valence-corrected chi connectivity index (χ3v) is 2.05. The first-order chi connectivity index (χ1) is 7.82. The van der Waals surface area contributed by atoms with E-state index in [-0.39, 0.29) is 0 Å². The number of alkyl halides is 3. The summed E-state index contributed by atoms with van der Waals surface area (Å²) in [5.41, 5.74) is 3.12. The van der Waals surface area contributed by atoms with E-state index in [1.54, 1.807) is 0 Å². The highest BCUT2D eigenvalue weighted by Crippen LogP contribution is 2.30. The molecule has 2 aromatic rings. The first-order valence-electron chi connectivity index (χ1n) is 4.26. The van der Waals surface area contributed by atoms with E-state index in [9.17, 15) is 18.0 Å². The van der Waals surface area contributed by atoms with E-state index in [1.165, 1.54) is 0 Å². The Morgan fingerprint density at radius 3 is 2.65 bits per heavy atom. The fraction of sp³-hybridized carbons (Fsp3) is 0.125. The molecule has 0 fully saturated rings. The van der Waals surface area contributed by atoms with E-state index < -0.39 is 34.9 Å². The molecule has 90 valence electrons. The lowest BCUT2D eigenvalue weighted by atomic mass is 10.3. The van der Waals surface area contributed by atoms with Crippen LogP contribution in [-0.4, -0.2) is 25.7 Å². The average Bonchev–Trinajstić information content (AvgIpc) is 2.51. The number of nitrogen functional groups attached to an aromatic ring is 1. The summed E-state index contributed by atoms with van der Waals surface area (Å²) in [6.45, 7) is 0. The Kier molecular flexibility index (Phi) is 2.19. The largest absolute Gasteiger partial charge is 0.477 e. The van der Waals surface area contributed by atoms with Gasteiger partial charge in [-0.2, -0.15) is 13.2 Å². The number of rotatable bonds is 1. The maximum absolute atomic E-state index is 12.6. The molecule has 0 unspecified atom stereocenters. The SMILES string of the molecule is Nc1nn2c(C(F)(F)F)ccnc2c1C(=O)O. The molecule has 2 heterocycles. The standard InChI is InChI=1S/C8H5F3N4O2/c9-8(10,11)3-1-2-13-6-4(7(16)17)5(12)14-15(3)6/h1-2H,(H2,12,14)(H,16,17). The number of nitrogens with zero attached hydrogens (tertiary/aromatic N) is 3. The molecule has 0 aliphatic carbocycles. The summed E-state index contributed by atoms with van der Waals surface area (Å²) in [5.74, 6) is -1.99. The van der Waals surface area contributed by atoms with Crippen molar-refractivity contribution in [1.82, 2.24) is 14.6 Å². The maximum Gasteiger partial charge on any atom is 0.433 e. The van der Waals surface area contributed by atoms with Gasteiger partial charge in [0.2, 0.25) is 0 Å². The van der Waals surface area contributed by atoms with Gasteiger partial charge in [0.25, 0.3) is 0 Å². The van der Waals surface area contributed by atoms with Gasteiger partial charge in [-0.15, -0.1) is 5.10 Å². The summed E-state index contributed by atoms with van der Waals surface area (Å²) in [5, 5.41) is 12.1. The zero-order valence-electron chi connectivity index (χ0n) is 8.06. The Balaban J connectivity index is 2.85. The third kappa shape index (κ3) is 1.65. The van der Waals surface area contributed by atoms with E-state index in [1.807, 2.05) is 0 Å². The lowest BCUT2D eigenvalue weighted by Gasteiger charge is -2.07. The van der Waals surface area contributed by atoms with Crippen molar-refractivity contribution in [3.05, 3.63) is 23.5 Å². The molecule has 0 saturated carbocycles. The fourth-order valence-electron chi connectivity index (χ4n) is 1.38. The van der Waals surface area contributed by atoms with Gasteiger partial charge in [-0.3, -0.25) is 0 Å². The second-order valence-electron chi connectivity index (χ2n) is 3.13. The number of aromatic nitrogens is 3. The van der Waals surface area contributed by atoms with Gasteiger partial charge in [-0.05, 0) is 6.07 Å². The molecular formula is C8H5F3N4O2. The van der Waals surface area contributed by atoms with E-state index in [2.05, 4.69) is 10.1 Å². The first-order valence-corrected chi connectivity index (χ1v) is 4.26. The Hall–Kier alpha value is -2.32. The maximum atomic E-state index is 12.6. The molecule has 6 nitrogen and oxygen atoms in total. The minimum Gasteiger partial charge on any atom is -0.477 e. The summed E-state index contributed by atoms with van der Waals surface area (Å²) in [6.07, 6.45) is -3.82. The molecule has 0 saturated heterocycles. The van der Waals surface area contributed by atoms with Crippen molar-refractivity contribution in [2.45, 2.75) is 6.18 Å². The first kappa shape index (κ1) is 11.2. The van der Waals surface area contributed by atoms with Crippen molar-refractivity contribution < 1.29 is 23.1 Å². The molecule has 3 N–H and O–H groups in total. The molecule has 2 aromatic heterocycles. The van der Waals surface area contributed by atoms with Crippen molar-refractivity contribution in [2.75, 3.05) is 5.73 Å². The number of nitrogens with two attached hydrogens (primary N) is 1. The van der Waals surface area contributed by atoms with Gasteiger partial charge < -0.3 is 10.8 Å². The Morgan fingerprint density at radius 2 is 2.12 bits per heavy atom. The molecule has 0 aliphatic rings. The lowest BCUT2D eigenvalue weighted by Crippen LogP contribution is -2.13. The number of carboxylic acid groups (broad SMARTS) is 1. The number of carboxylic acids is 1. The molecule has 0 aromatic carbocycles. The van der Waals surface area contributed by atoms with Crippen LogP contribution in [0, 0.1) is 0 Å². The molecule has 0 radical (unpaired) electrons. The van der Waals surface area contributed by atoms with Crippen LogP contribution in [0.1, 0.15) is 16.1 Å². The minimum absolute atomic E-state index is 0.374. The Labute approximate surface area is 91.5 Å². The molecule has 0 atom stereocenters. The molecule has 0 bridgehead atoms. The van der Waals surface area contributed by atoms with E-state index in [0.717, 1.165) is 6.20 Å². The highest BCUT2D eigenvalue weighted by atomic mass is 19.4. The summed E-state index contributed by atoms with van der Waals surface area (Å²) in [6, 6.07) is 0.686. The normalized spacial score (nSPS) is 11.9. The van der Waals surface area contributed by atoms with Gasteiger partial charge in [0, 0.05) is 6.20 Å². The average molecular weight is 246 g/mol. The molecule has 2 rings (SSSR count). The predicted octanol–water partition coefficient (Wildman–Crippen LogP) is 1.03. The highest BCUT2D eigenvalue weighted by Gasteiger charge is 2.35. The van der Waals surface area contributed by atoms with Crippen molar-refractivity contribution >= 4 is 17.4 Å². The van der Waals surface area contributed by atoms with E-state index >= 15 is 0 Å². The molecule has 0 spiro atoms. The lowest BCUT2D eigenvalue weighted by molar-refractivity contribution is -0.142. The number of fused-ring (bicyclic) bond motifs is 1. The van der Waals surface area contributed by atoms with Crippen molar-refractivity contribution in [3.63, 3.8) is 0 Å². The molecular weight excluding hydrogens is 241 g/mol. The van der Waals surface area contributed by atoms with Crippen molar-refractivity contribution in [2.24, 2.45) is 0 Å². The summed E-state index contributed by atoms with van der Waals surface area (Å²) < 4.78 is 38.1. The fourth-order valence-corrected chi connectivity index (χ4v) is 1.38. The van der Waals surface area contributed by atoms with Gasteiger partial charge in [0.1, 0.15) is 11.3 Å². The number of halogens is 3. The molecule has 0 amide bonds. The smallest absolute Gasteiger partial charge is 0.433 e. The molecule has 0 aliphatic heterocycles. The van der Waals surface area contributed by atoms with Crippen LogP contribution < -0.4 is 5.73 Å². The van der Waals surface area contributed by atoms with Gasteiger partial charge >= 0.3 is 12.1 Å². The Morgan fingerprint density at radius 1 is 1.47 bits per heavy atom. The van der Waals surface area contributed by atoms with Gasteiger partial charge in [-0.25, -0.2) is 14.3 Å². The van der Waals surface area contributed by atoms with E-state index in [0.29, 0.717) is 10.6 Å². The summed E-state index contributed by atoms with van der Waals surface area (Å²) in [4.78, 5) is 14.3. The van der Waals surface area contributed by atoms with Gasteiger partial charge in [0.05, 0.1) is 0 Å². The summed E-state index contributed by atoms with van der Waals surface area (Å²) in [7, 11) is 0. The Bertz CT molecular complexity index is 605. The van der Waals surface area contributed by atoms with Crippen LogP contribution in [-0.2, 0) is 6.18 Å². The predicted molar refractivity (Wildman–Crippen MR) is 49.4 cm³/mol. The number of hydrogen-bond donors (Lipinski definition) is 2. The van der Waals surface area contributed by atoms with Crippen LogP contribution in [0.4, 0.5) is 19.0 Å². The van der Waals surface area contributed by atoms with Crippen LogP contribution in [0.5, 0.6) is 0 Å². The zero-order valence-corrected chi connectivity index (χ0v) is 8.06. The molecule has 17 heavy (non-hydrogen) atoms. The summed E-state index contributed by atoms with van der Waals surface area (Å²) >= 11 is 0. The quantitative estimate of drug-likeness (QED) is 0.783. The van der Waals surface area contributed by atoms with Crippen LogP contribution in [0.15, 0.2) is 12.3 Å². The number of aromatic carboxylic acids is 1. The van der Waals surface area contributed by atoms with Crippen molar-refractivity contribution in [1.29, 1.82) is 0 Å². The third-order valence-electron chi connectivity index (χ3n) is 2.05. The number of hydrogen-bond acceptors (Lipinski definition) is 4. The van der Waals surface area contributed by atoms with Crippen LogP contribution in [0.3, 0.4) is 0 Å². The monoisotopic (exact) mass is 246 g/mol. The molecule has 9 heteroatoms. The van der Waals surface area contributed by atoms with Gasteiger partial charge in [-0.1, -0.05) is 0 Å². The number of carbonyl (C=O) groups is 1. The second kappa shape index (κ2) is 3.34. The minimum atomic E-state index is -4.67. The van der Waals surface area contributed by atoms with Crippen LogP contribution in [0.25, 0.3) is 5.65 Å².